The van der Waals surface area contributed by atoms with Gasteiger partial charge in [0.1, 0.15) is 0 Å². The molecule has 7 heteroatoms. The molecular formula is C22H23NO5S. The van der Waals surface area contributed by atoms with Gasteiger partial charge >= 0.3 is 5.97 Å². The number of ketones is 1. The number of carbonyl (C=O) groups is 2. The first-order chi connectivity index (χ1) is 13.5. The Bertz CT molecular complexity index is 1120. The Balaban J connectivity index is 1.77. The molecule has 152 valence electrons. The summed E-state index contributed by atoms with van der Waals surface area (Å²) in [5, 5.41) is 0. The largest absolute Gasteiger partial charge is 0.454 e. The standard InChI is InChI=1S/C22H23NO5S/c1-22(2)17-10-6-7-11-18(17)23(3)20(22)13-15(24)14-28-21(25)16-9-5-8-12-19(16)29(4,26)27/h5-13H,14H2,1-4H3. The second kappa shape index (κ2) is 7.48. The number of fused-ring (bicyclic) bond motifs is 1. The lowest BCUT2D eigenvalue weighted by molar-refractivity contribution is -0.117. The van der Waals surface area contributed by atoms with Gasteiger partial charge in [0.2, 0.25) is 0 Å². The topological polar surface area (TPSA) is 80.8 Å². The molecule has 0 N–H and O–H groups in total. The van der Waals surface area contributed by atoms with Crippen LogP contribution in [0.15, 0.2) is 65.2 Å². The Morgan fingerprint density at radius 2 is 1.69 bits per heavy atom. The number of hydrogen-bond acceptors (Lipinski definition) is 6. The van der Waals surface area contributed by atoms with E-state index in [0.717, 1.165) is 23.2 Å². The van der Waals surface area contributed by atoms with Crippen molar-refractivity contribution in [3.8, 4) is 0 Å². The van der Waals surface area contributed by atoms with Gasteiger partial charge < -0.3 is 9.64 Å². The number of hydrogen-bond donors (Lipinski definition) is 0. The third-order valence-corrected chi connectivity index (χ3v) is 6.25. The molecule has 0 atom stereocenters. The number of sulfone groups is 1. The van der Waals surface area contributed by atoms with Crippen LogP contribution >= 0.6 is 0 Å². The van der Waals surface area contributed by atoms with Crippen molar-refractivity contribution >= 4 is 27.3 Å². The summed E-state index contributed by atoms with van der Waals surface area (Å²) >= 11 is 0. The number of para-hydroxylation sites is 1. The van der Waals surface area contributed by atoms with Crippen LogP contribution in [0.1, 0.15) is 29.8 Å². The molecule has 0 fully saturated rings. The van der Waals surface area contributed by atoms with Crippen molar-refractivity contribution in [2.75, 3.05) is 24.8 Å². The van der Waals surface area contributed by atoms with E-state index >= 15 is 0 Å². The molecule has 0 amide bonds. The fourth-order valence-corrected chi connectivity index (χ4v) is 4.50. The zero-order valence-corrected chi connectivity index (χ0v) is 17.6. The van der Waals surface area contributed by atoms with E-state index in [2.05, 4.69) is 0 Å². The fraction of sp³-hybridized carbons (Fsp3) is 0.273. The molecule has 0 saturated carbocycles. The monoisotopic (exact) mass is 413 g/mol. The van der Waals surface area contributed by atoms with Gasteiger partial charge in [-0.05, 0) is 23.8 Å². The molecule has 0 radical (unpaired) electrons. The summed E-state index contributed by atoms with van der Waals surface area (Å²) in [7, 11) is -1.70. The van der Waals surface area contributed by atoms with Gasteiger partial charge in [0.25, 0.3) is 0 Å². The number of nitrogens with zero attached hydrogens (tertiary/aromatic N) is 1. The highest BCUT2D eigenvalue weighted by atomic mass is 32.2. The Morgan fingerprint density at radius 3 is 2.34 bits per heavy atom. The van der Waals surface area contributed by atoms with Crippen molar-refractivity contribution in [3.05, 3.63) is 71.4 Å². The number of anilines is 1. The lowest BCUT2D eigenvalue weighted by Gasteiger charge is -2.23. The van der Waals surface area contributed by atoms with E-state index < -0.39 is 22.4 Å². The van der Waals surface area contributed by atoms with Gasteiger partial charge in [-0.15, -0.1) is 0 Å². The predicted octanol–water partition coefficient (Wildman–Crippen LogP) is 3.13. The molecule has 0 saturated heterocycles. The highest BCUT2D eigenvalue weighted by molar-refractivity contribution is 7.90. The van der Waals surface area contributed by atoms with Gasteiger partial charge in [-0.1, -0.05) is 44.2 Å². The zero-order chi connectivity index (χ0) is 21.4. The molecule has 2 aromatic carbocycles. The Kier molecular flexibility index (Phi) is 5.36. The molecule has 0 aliphatic carbocycles. The van der Waals surface area contributed by atoms with Crippen LogP contribution in [0.3, 0.4) is 0 Å². The number of likely N-dealkylation sites (N-methyl/N-ethyl adjacent to an activating group) is 1. The molecule has 0 unspecified atom stereocenters. The van der Waals surface area contributed by atoms with Gasteiger partial charge in [0.15, 0.2) is 22.2 Å². The van der Waals surface area contributed by atoms with E-state index in [1.807, 2.05) is 50.1 Å². The summed E-state index contributed by atoms with van der Waals surface area (Å²) in [5.74, 6) is -1.22. The number of benzene rings is 2. The number of ether oxygens (including phenoxy) is 1. The molecule has 0 spiro atoms. The third kappa shape index (κ3) is 3.96. The van der Waals surface area contributed by atoms with Gasteiger partial charge in [-0.3, -0.25) is 4.79 Å². The summed E-state index contributed by atoms with van der Waals surface area (Å²) in [5.41, 5.74) is 2.49. The van der Waals surface area contributed by atoms with E-state index in [4.69, 9.17) is 4.74 Å². The SMILES string of the molecule is CN1C(=CC(=O)COC(=O)c2ccccc2S(C)(=O)=O)C(C)(C)c2ccccc21. The summed E-state index contributed by atoms with van der Waals surface area (Å²) in [4.78, 5) is 26.7. The minimum Gasteiger partial charge on any atom is -0.454 e. The molecule has 3 rings (SSSR count). The first-order valence-electron chi connectivity index (χ1n) is 9.08. The van der Waals surface area contributed by atoms with Crippen molar-refractivity contribution in [3.63, 3.8) is 0 Å². The lowest BCUT2D eigenvalue weighted by atomic mass is 9.83. The van der Waals surface area contributed by atoms with Crippen LogP contribution < -0.4 is 4.90 Å². The number of esters is 1. The molecule has 0 bridgehead atoms. The van der Waals surface area contributed by atoms with Crippen LogP contribution in [0.2, 0.25) is 0 Å². The van der Waals surface area contributed by atoms with Gasteiger partial charge in [0, 0.05) is 36.2 Å². The number of allylic oxidation sites excluding steroid dienone is 1. The van der Waals surface area contributed by atoms with Crippen LogP contribution in [0, 0.1) is 0 Å². The third-order valence-electron chi connectivity index (χ3n) is 5.09. The van der Waals surface area contributed by atoms with Crippen LogP contribution in [0.5, 0.6) is 0 Å². The van der Waals surface area contributed by atoms with E-state index in [1.165, 1.54) is 24.3 Å². The number of rotatable bonds is 5. The van der Waals surface area contributed by atoms with Crippen molar-refractivity contribution in [1.29, 1.82) is 0 Å². The van der Waals surface area contributed by atoms with Crippen LogP contribution in [-0.4, -0.2) is 40.1 Å². The highest BCUT2D eigenvalue weighted by Gasteiger charge is 2.38. The molecule has 2 aromatic rings. The molecule has 1 aliphatic rings. The van der Waals surface area contributed by atoms with Crippen LogP contribution in [0.25, 0.3) is 0 Å². The Hall–Kier alpha value is -2.93. The van der Waals surface area contributed by atoms with Crippen molar-refractivity contribution < 1.29 is 22.7 Å². The summed E-state index contributed by atoms with van der Waals surface area (Å²) in [6.07, 6.45) is 2.50. The van der Waals surface area contributed by atoms with Gasteiger partial charge in [0.05, 0.1) is 10.5 Å². The second-order valence-electron chi connectivity index (χ2n) is 7.54. The lowest BCUT2D eigenvalue weighted by Crippen LogP contribution is -2.25. The maximum atomic E-state index is 12.5. The minimum atomic E-state index is -3.59. The maximum absolute atomic E-state index is 12.5. The molecular weight excluding hydrogens is 390 g/mol. The number of carbonyl (C=O) groups excluding carboxylic acids is 2. The smallest absolute Gasteiger partial charge is 0.339 e. The summed E-state index contributed by atoms with van der Waals surface area (Å²) < 4.78 is 28.8. The Morgan fingerprint density at radius 1 is 1.07 bits per heavy atom. The van der Waals surface area contributed by atoms with Crippen LogP contribution in [-0.2, 0) is 24.8 Å². The van der Waals surface area contributed by atoms with E-state index in [9.17, 15) is 18.0 Å². The van der Waals surface area contributed by atoms with E-state index in [1.54, 1.807) is 6.07 Å². The molecule has 0 aromatic heterocycles. The summed E-state index contributed by atoms with van der Waals surface area (Å²) in [6.45, 7) is 3.59. The maximum Gasteiger partial charge on any atom is 0.339 e. The van der Waals surface area contributed by atoms with Gasteiger partial charge in [-0.25, -0.2) is 13.2 Å². The zero-order valence-electron chi connectivity index (χ0n) is 16.8. The van der Waals surface area contributed by atoms with E-state index in [0.29, 0.717) is 0 Å². The summed E-state index contributed by atoms with van der Waals surface area (Å²) in [6, 6.07) is 13.7. The highest BCUT2D eigenvalue weighted by Crippen LogP contribution is 2.46. The van der Waals surface area contributed by atoms with Crippen molar-refractivity contribution in [1.82, 2.24) is 0 Å². The van der Waals surface area contributed by atoms with Gasteiger partial charge in [-0.2, -0.15) is 0 Å². The fourth-order valence-electron chi connectivity index (χ4n) is 3.63. The minimum absolute atomic E-state index is 0.0822. The molecule has 6 nitrogen and oxygen atoms in total. The Labute approximate surface area is 170 Å². The quantitative estimate of drug-likeness (QED) is 0.553. The van der Waals surface area contributed by atoms with E-state index in [-0.39, 0.29) is 21.7 Å². The predicted molar refractivity (Wildman–Crippen MR) is 111 cm³/mol. The molecule has 1 aliphatic heterocycles. The average molecular weight is 413 g/mol. The second-order valence-corrected chi connectivity index (χ2v) is 9.53. The van der Waals surface area contributed by atoms with Crippen molar-refractivity contribution in [2.24, 2.45) is 0 Å². The molecule has 1 heterocycles. The average Bonchev–Trinajstić information content (AvgIpc) is 2.86. The first kappa shape index (κ1) is 20.8. The van der Waals surface area contributed by atoms with Crippen LogP contribution in [0.4, 0.5) is 5.69 Å². The normalized spacial score (nSPS) is 16.6. The molecule has 29 heavy (non-hydrogen) atoms. The van der Waals surface area contributed by atoms with Crippen molar-refractivity contribution in [2.45, 2.75) is 24.2 Å². The first-order valence-corrected chi connectivity index (χ1v) is 11.0.